The maximum atomic E-state index is 13.2. The molecule has 0 spiro atoms. The van der Waals surface area contributed by atoms with E-state index < -0.39 is 11.7 Å². The Morgan fingerprint density at radius 1 is 1.29 bits per heavy atom. The van der Waals surface area contributed by atoms with Crippen LogP contribution in [-0.4, -0.2) is 18.0 Å². The summed E-state index contributed by atoms with van der Waals surface area (Å²) in [5, 5.41) is 4.92. The highest BCUT2D eigenvalue weighted by Crippen LogP contribution is 2.32. The molecule has 1 N–H and O–H groups in total. The number of nitrogens with one attached hydrogen (secondary N) is 1. The van der Waals surface area contributed by atoms with Gasteiger partial charge in [0.2, 0.25) is 0 Å². The van der Waals surface area contributed by atoms with Crippen molar-refractivity contribution >= 4 is 34.5 Å². The number of ether oxygens (including phenoxy) is 1. The Hall–Kier alpha value is -2.44. The van der Waals surface area contributed by atoms with Crippen molar-refractivity contribution in [2.45, 2.75) is 0 Å². The minimum absolute atomic E-state index is 0.0548. The van der Waals surface area contributed by atoms with Gasteiger partial charge in [0.15, 0.2) is 0 Å². The third kappa shape index (κ3) is 3.39. The van der Waals surface area contributed by atoms with Gasteiger partial charge in [0.05, 0.1) is 17.7 Å². The van der Waals surface area contributed by atoms with Crippen LogP contribution in [-0.2, 0) is 0 Å². The molecule has 24 heavy (non-hydrogen) atoms. The molecule has 3 rings (SSSR count). The molecule has 122 valence electrons. The van der Waals surface area contributed by atoms with Crippen molar-refractivity contribution < 1.29 is 13.9 Å². The molecule has 7 heteroatoms. The van der Waals surface area contributed by atoms with Crippen molar-refractivity contribution in [3.05, 3.63) is 64.4 Å². The van der Waals surface area contributed by atoms with E-state index in [1.54, 1.807) is 12.5 Å². The number of benzene rings is 2. The lowest BCUT2D eigenvalue weighted by Gasteiger charge is -2.05. The lowest BCUT2D eigenvalue weighted by Crippen LogP contribution is -2.12. The van der Waals surface area contributed by atoms with Gasteiger partial charge in [0.25, 0.3) is 5.91 Å². The first-order valence-electron chi connectivity index (χ1n) is 6.94. The van der Waals surface area contributed by atoms with Crippen molar-refractivity contribution in [3.63, 3.8) is 0 Å². The number of aromatic nitrogens is 1. The van der Waals surface area contributed by atoms with E-state index in [4.69, 9.17) is 16.3 Å². The van der Waals surface area contributed by atoms with Crippen molar-refractivity contribution in [2.24, 2.45) is 0 Å². The van der Waals surface area contributed by atoms with Crippen molar-refractivity contribution in [1.82, 2.24) is 4.98 Å². The van der Waals surface area contributed by atoms with E-state index in [0.717, 1.165) is 5.56 Å². The van der Waals surface area contributed by atoms with Crippen LogP contribution in [0.15, 0.2) is 47.8 Å². The van der Waals surface area contributed by atoms with Crippen LogP contribution in [0.5, 0.6) is 5.75 Å². The summed E-state index contributed by atoms with van der Waals surface area (Å²) < 4.78 is 18.5. The zero-order chi connectivity index (χ0) is 17.1. The molecule has 0 saturated heterocycles. The lowest BCUT2D eigenvalue weighted by molar-refractivity contribution is 0.102. The van der Waals surface area contributed by atoms with Gasteiger partial charge in [-0.1, -0.05) is 23.7 Å². The summed E-state index contributed by atoms with van der Waals surface area (Å²) in [6.45, 7) is 0. The maximum absolute atomic E-state index is 13.2. The average molecular weight is 363 g/mol. The standard InChI is InChI=1S/C17H12ClFN2O2S/c1-23-15-5-3-2-4-11(15)17-21-14(9-24-17)16(22)20-10-6-7-13(19)12(18)8-10/h2-9H,1H3,(H,20,22). The molecule has 0 aliphatic carbocycles. The highest BCUT2D eigenvalue weighted by molar-refractivity contribution is 7.13. The van der Waals surface area contributed by atoms with Gasteiger partial charge in [0, 0.05) is 11.1 Å². The number of amides is 1. The summed E-state index contributed by atoms with van der Waals surface area (Å²) >= 11 is 7.05. The predicted molar refractivity (Wildman–Crippen MR) is 93.5 cm³/mol. The number of methoxy groups -OCH3 is 1. The van der Waals surface area contributed by atoms with E-state index in [1.165, 1.54) is 29.5 Å². The molecule has 3 aromatic rings. The first-order chi connectivity index (χ1) is 11.6. The first-order valence-corrected chi connectivity index (χ1v) is 8.19. The summed E-state index contributed by atoms with van der Waals surface area (Å²) in [7, 11) is 1.58. The normalized spacial score (nSPS) is 10.5. The molecule has 4 nitrogen and oxygen atoms in total. The minimum atomic E-state index is -0.540. The van der Waals surface area contributed by atoms with Crippen molar-refractivity contribution in [2.75, 3.05) is 12.4 Å². The number of carbonyl (C=O) groups excluding carboxylic acids is 1. The van der Waals surface area contributed by atoms with Gasteiger partial charge in [-0.15, -0.1) is 11.3 Å². The number of halogens is 2. The second-order valence-electron chi connectivity index (χ2n) is 4.82. The van der Waals surface area contributed by atoms with E-state index in [2.05, 4.69) is 10.3 Å². The molecule has 1 aromatic heterocycles. The molecule has 0 aliphatic heterocycles. The van der Waals surface area contributed by atoms with E-state index in [-0.39, 0.29) is 10.7 Å². The zero-order valence-electron chi connectivity index (χ0n) is 12.5. The number of rotatable bonds is 4. The Kier molecular flexibility index (Phi) is 4.78. The molecule has 1 amide bonds. The van der Waals surface area contributed by atoms with E-state index in [0.29, 0.717) is 16.4 Å². The SMILES string of the molecule is COc1ccccc1-c1nc(C(=O)Nc2ccc(F)c(Cl)c2)cs1. The fraction of sp³-hybridized carbons (Fsp3) is 0.0588. The van der Waals surface area contributed by atoms with Crippen LogP contribution in [0.25, 0.3) is 10.6 Å². The average Bonchev–Trinajstić information content (AvgIpc) is 3.08. The molecular weight excluding hydrogens is 351 g/mol. The molecule has 1 heterocycles. The molecular formula is C17H12ClFN2O2S. The Morgan fingerprint density at radius 3 is 2.83 bits per heavy atom. The Bertz CT molecular complexity index is 898. The van der Waals surface area contributed by atoms with Crippen LogP contribution in [0.3, 0.4) is 0 Å². The number of para-hydroxylation sites is 1. The molecule has 0 atom stereocenters. The molecule has 0 fully saturated rings. The molecule has 0 radical (unpaired) electrons. The van der Waals surface area contributed by atoms with Crippen LogP contribution >= 0.6 is 22.9 Å². The fourth-order valence-corrected chi connectivity index (χ4v) is 3.10. The number of thiazole rings is 1. The zero-order valence-corrected chi connectivity index (χ0v) is 14.1. The van der Waals surface area contributed by atoms with Crippen LogP contribution in [0.4, 0.5) is 10.1 Å². The molecule has 0 saturated carbocycles. The summed E-state index contributed by atoms with van der Waals surface area (Å²) in [5.41, 5.74) is 1.48. The van der Waals surface area contributed by atoms with Crippen LogP contribution in [0.2, 0.25) is 5.02 Å². The van der Waals surface area contributed by atoms with Crippen LogP contribution < -0.4 is 10.1 Å². The van der Waals surface area contributed by atoms with Crippen molar-refractivity contribution in [1.29, 1.82) is 0 Å². The topological polar surface area (TPSA) is 51.2 Å². The van der Waals surface area contributed by atoms with Crippen LogP contribution in [0, 0.1) is 5.82 Å². The van der Waals surface area contributed by atoms with E-state index in [1.807, 2.05) is 24.3 Å². The van der Waals surface area contributed by atoms with Crippen molar-refractivity contribution in [3.8, 4) is 16.3 Å². The molecule has 0 unspecified atom stereocenters. The number of hydrogen-bond donors (Lipinski definition) is 1. The second-order valence-corrected chi connectivity index (χ2v) is 6.09. The third-order valence-electron chi connectivity index (χ3n) is 3.25. The largest absolute Gasteiger partial charge is 0.496 e. The van der Waals surface area contributed by atoms with Gasteiger partial charge in [-0.25, -0.2) is 9.37 Å². The minimum Gasteiger partial charge on any atom is -0.496 e. The van der Waals surface area contributed by atoms with Gasteiger partial charge >= 0.3 is 0 Å². The van der Waals surface area contributed by atoms with E-state index in [9.17, 15) is 9.18 Å². The Labute approximate surface area is 146 Å². The second kappa shape index (κ2) is 6.98. The quantitative estimate of drug-likeness (QED) is 0.720. The van der Waals surface area contributed by atoms with Gasteiger partial charge in [-0.2, -0.15) is 0 Å². The number of carbonyl (C=O) groups is 1. The summed E-state index contributed by atoms with van der Waals surface area (Å²) in [6, 6.07) is 11.4. The van der Waals surface area contributed by atoms with Gasteiger partial charge < -0.3 is 10.1 Å². The predicted octanol–water partition coefficient (Wildman–Crippen LogP) is 4.86. The summed E-state index contributed by atoms with van der Waals surface area (Å²) in [5.74, 6) is -0.249. The summed E-state index contributed by atoms with van der Waals surface area (Å²) in [4.78, 5) is 16.6. The number of nitrogens with zero attached hydrogens (tertiary/aromatic N) is 1. The first kappa shape index (κ1) is 16.4. The van der Waals surface area contributed by atoms with Gasteiger partial charge in [0.1, 0.15) is 22.3 Å². The van der Waals surface area contributed by atoms with E-state index >= 15 is 0 Å². The Balaban J connectivity index is 1.82. The van der Waals surface area contributed by atoms with Crippen LogP contribution in [0.1, 0.15) is 10.5 Å². The highest BCUT2D eigenvalue weighted by atomic mass is 35.5. The fourth-order valence-electron chi connectivity index (χ4n) is 2.09. The summed E-state index contributed by atoms with van der Waals surface area (Å²) in [6.07, 6.45) is 0. The monoisotopic (exact) mass is 362 g/mol. The molecule has 0 bridgehead atoms. The smallest absolute Gasteiger partial charge is 0.275 e. The van der Waals surface area contributed by atoms with Gasteiger partial charge in [-0.05, 0) is 30.3 Å². The Morgan fingerprint density at radius 2 is 2.08 bits per heavy atom. The number of hydrogen-bond acceptors (Lipinski definition) is 4. The number of anilines is 1. The molecule has 0 aliphatic rings. The molecule has 2 aromatic carbocycles. The highest BCUT2D eigenvalue weighted by Gasteiger charge is 2.15. The van der Waals surface area contributed by atoms with Gasteiger partial charge in [-0.3, -0.25) is 4.79 Å². The maximum Gasteiger partial charge on any atom is 0.275 e. The lowest BCUT2D eigenvalue weighted by atomic mass is 10.2. The third-order valence-corrected chi connectivity index (χ3v) is 4.42.